The number of phenolic OH excluding ortho intramolecular Hbond substituents is 1. The van der Waals surface area contributed by atoms with E-state index in [9.17, 15) is 9.50 Å². The first-order valence-electron chi connectivity index (χ1n) is 6.51. The lowest BCUT2D eigenvalue weighted by Gasteiger charge is -2.27. The van der Waals surface area contributed by atoms with Crippen LogP contribution in [0.2, 0.25) is 0 Å². The van der Waals surface area contributed by atoms with Gasteiger partial charge in [0.15, 0.2) is 0 Å². The molecule has 2 N–H and O–H groups in total. The number of nitrogens with zero attached hydrogens (tertiary/aromatic N) is 1. The summed E-state index contributed by atoms with van der Waals surface area (Å²) in [4.78, 5) is 2.19. The third-order valence-electron chi connectivity index (χ3n) is 3.36. The molecule has 1 atom stereocenters. The average molecular weight is 252 g/mol. The number of hydrogen-bond donors (Lipinski definition) is 2. The molecule has 2 rings (SSSR count). The highest BCUT2D eigenvalue weighted by molar-refractivity contribution is 5.28. The average Bonchev–Trinajstić information content (AvgIpc) is 2.28. The van der Waals surface area contributed by atoms with Crippen LogP contribution in [0, 0.1) is 11.7 Å². The maximum atomic E-state index is 13.1. The summed E-state index contributed by atoms with van der Waals surface area (Å²) in [5.41, 5.74) is 0.818. The number of phenols is 1. The standard InChI is InChI=1S/C14H21FN2O/c1-17(9-11-3-2-4-16-8-11)10-12-5-13(15)7-14(18)6-12/h5-7,11,16,18H,2-4,8-10H2,1H3. The molecular weight excluding hydrogens is 231 g/mol. The van der Waals surface area contributed by atoms with Crippen LogP contribution in [0.15, 0.2) is 18.2 Å². The van der Waals surface area contributed by atoms with Crippen molar-refractivity contribution >= 4 is 0 Å². The zero-order valence-corrected chi connectivity index (χ0v) is 10.8. The minimum absolute atomic E-state index is 0.00210. The van der Waals surface area contributed by atoms with E-state index in [1.54, 1.807) is 6.07 Å². The van der Waals surface area contributed by atoms with Gasteiger partial charge in [-0.05, 0) is 56.6 Å². The molecule has 1 aliphatic rings. The van der Waals surface area contributed by atoms with E-state index in [1.165, 1.54) is 18.9 Å². The van der Waals surface area contributed by atoms with Crippen LogP contribution in [0.1, 0.15) is 18.4 Å². The second-order valence-corrected chi connectivity index (χ2v) is 5.23. The Morgan fingerprint density at radius 2 is 2.28 bits per heavy atom. The first-order chi connectivity index (χ1) is 8.63. The van der Waals surface area contributed by atoms with Crippen molar-refractivity contribution in [3.63, 3.8) is 0 Å². The lowest BCUT2D eigenvalue weighted by molar-refractivity contribution is 0.237. The van der Waals surface area contributed by atoms with E-state index in [2.05, 4.69) is 10.2 Å². The van der Waals surface area contributed by atoms with Gasteiger partial charge in [-0.1, -0.05) is 0 Å². The van der Waals surface area contributed by atoms with Crippen LogP contribution >= 0.6 is 0 Å². The van der Waals surface area contributed by atoms with Crippen LogP contribution in [-0.2, 0) is 6.54 Å². The number of hydrogen-bond acceptors (Lipinski definition) is 3. The van der Waals surface area contributed by atoms with Crippen molar-refractivity contribution in [3.05, 3.63) is 29.6 Å². The van der Waals surface area contributed by atoms with Gasteiger partial charge in [0.25, 0.3) is 0 Å². The van der Waals surface area contributed by atoms with Gasteiger partial charge in [0, 0.05) is 19.2 Å². The molecule has 0 bridgehead atoms. The van der Waals surface area contributed by atoms with Crippen LogP contribution in [0.5, 0.6) is 5.75 Å². The lowest BCUT2D eigenvalue weighted by atomic mass is 9.99. The molecule has 1 saturated heterocycles. The first-order valence-corrected chi connectivity index (χ1v) is 6.51. The smallest absolute Gasteiger partial charge is 0.127 e. The van der Waals surface area contributed by atoms with Gasteiger partial charge < -0.3 is 15.3 Å². The van der Waals surface area contributed by atoms with E-state index in [0.29, 0.717) is 12.5 Å². The molecule has 1 aromatic rings. The van der Waals surface area contributed by atoms with Gasteiger partial charge in [0.1, 0.15) is 11.6 Å². The molecule has 4 heteroatoms. The maximum absolute atomic E-state index is 13.1. The maximum Gasteiger partial charge on any atom is 0.127 e. The van der Waals surface area contributed by atoms with Crippen LogP contribution in [-0.4, -0.2) is 36.7 Å². The predicted molar refractivity (Wildman–Crippen MR) is 70.0 cm³/mol. The van der Waals surface area contributed by atoms with Crippen LogP contribution < -0.4 is 5.32 Å². The number of halogens is 1. The van der Waals surface area contributed by atoms with Crippen molar-refractivity contribution < 1.29 is 9.50 Å². The number of piperidine rings is 1. The summed E-state index contributed by atoms with van der Waals surface area (Å²) < 4.78 is 13.1. The van der Waals surface area contributed by atoms with Gasteiger partial charge in [0.05, 0.1) is 0 Å². The molecule has 1 fully saturated rings. The second-order valence-electron chi connectivity index (χ2n) is 5.23. The molecule has 0 aliphatic carbocycles. The van der Waals surface area contributed by atoms with E-state index >= 15 is 0 Å². The summed E-state index contributed by atoms with van der Waals surface area (Å²) in [5, 5.41) is 12.8. The van der Waals surface area contributed by atoms with Crippen molar-refractivity contribution in [2.45, 2.75) is 19.4 Å². The highest BCUT2D eigenvalue weighted by Crippen LogP contribution is 2.17. The molecule has 1 aromatic carbocycles. The van der Waals surface area contributed by atoms with Gasteiger partial charge in [0.2, 0.25) is 0 Å². The Bertz CT molecular complexity index is 371. The summed E-state index contributed by atoms with van der Waals surface area (Å²) in [7, 11) is 2.04. The van der Waals surface area contributed by atoms with E-state index in [1.807, 2.05) is 7.05 Å². The van der Waals surface area contributed by atoms with Crippen molar-refractivity contribution in [1.82, 2.24) is 10.2 Å². The van der Waals surface area contributed by atoms with Gasteiger partial charge >= 0.3 is 0 Å². The molecule has 1 unspecified atom stereocenters. The highest BCUT2D eigenvalue weighted by Gasteiger charge is 2.15. The summed E-state index contributed by atoms with van der Waals surface area (Å²) >= 11 is 0. The molecule has 18 heavy (non-hydrogen) atoms. The Balaban J connectivity index is 1.87. The Kier molecular flexibility index (Phi) is 4.55. The third-order valence-corrected chi connectivity index (χ3v) is 3.36. The van der Waals surface area contributed by atoms with E-state index in [4.69, 9.17) is 0 Å². The Morgan fingerprint density at radius 3 is 2.94 bits per heavy atom. The van der Waals surface area contributed by atoms with Crippen molar-refractivity contribution in [2.24, 2.45) is 5.92 Å². The Labute approximate surface area is 108 Å². The van der Waals surface area contributed by atoms with Crippen molar-refractivity contribution in [3.8, 4) is 5.75 Å². The summed E-state index contributed by atoms with van der Waals surface area (Å²) in [5.74, 6) is 0.293. The Hall–Kier alpha value is -1.13. The largest absolute Gasteiger partial charge is 0.508 e. The molecule has 0 saturated carbocycles. The molecule has 1 heterocycles. The summed E-state index contributed by atoms with van der Waals surface area (Å²) in [6, 6.07) is 4.24. The van der Waals surface area contributed by atoms with E-state index < -0.39 is 0 Å². The topological polar surface area (TPSA) is 35.5 Å². The molecular formula is C14H21FN2O. The normalized spacial score (nSPS) is 20.3. The minimum atomic E-state index is -0.377. The zero-order chi connectivity index (χ0) is 13.0. The SMILES string of the molecule is CN(Cc1cc(O)cc(F)c1)CC1CCCNC1. The van der Waals surface area contributed by atoms with E-state index in [-0.39, 0.29) is 11.6 Å². The monoisotopic (exact) mass is 252 g/mol. The van der Waals surface area contributed by atoms with Gasteiger partial charge in [-0.2, -0.15) is 0 Å². The summed E-state index contributed by atoms with van der Waals surface area (Å²) in [6.07, 6.45) is 2.49. The number of benzene rings is 1. The molecule has 0 aromatic heterocycles. The van der Waals surface area contributed by atoms with Crippen LogP contribution in [0.4, 0.5) is 4.39 Å². The summed E-state index contributed by atoms with van der Waals surface area (Å²) in [6.45, 7) is 3.86. The highest BCUT2D eigenvalue weighted by atomic mass is 19.1. The number of nitrogens with one attached hydrogen (secondary N) is 1. The number of rotatable bonds is 4. The van der Waals surface area contributed by atoms with Gasteiger partial charge in [-0.15, -0.1) is 0 Å². The Morgan fingerprint density at radius 1 is 1.44 bits per heavy atom. The van der Waals surface area contributed by atoms with Crippen molar-refractivity contribution in [2.75, 3.05) is 26.7 Å². The first kappa shape index (κ1) is 13.3. The molecule has 0 spiro atoms. The fourth-order valence-corrected chi connectivity index (χ4v) is 2.62. The minimum Gasteiger partial charge on any atom is -0.508 e. The molecule has 1 aliphatic heterocycles. The van der Waals surface area contributed by atoms with Crippen molar-refractivity contribution in [1.29, 1.82) is 0 Å². The quantitative estimate of drug-likeness (QED) is 0.860. The molecule has 3 nitrogen and oxygen atoms in total. The van der Waals surface area contributed by atoms with Crippen LogP contribution in [0.25, 0.3) is 0 Å². The molecule has 0 radical (unpaired) electrons. The zero-order valence-electron chi connectivity index (χ0n) is 10.8. The van der Waals surface area contributed by atoms with Gasteiger partial charge in [-0.25, -0.2) is 4.39 Å². The van der Waals surface area contributed by atoms with E-state index in [0.717, 1.165) is 31.3 Å². The molecule has 100 valence electrons. The molecule has 0 amide bonds. The fraction of sp³-hybridized carbons (Fsp3) is 0.571. The third kappa shape index (κ3) is 3.96. The van der Waals surface area contributed by atoms with Gasteiger partial charge in [-0.3, -0.25) is 0 Å². The van der Waals surface area contributed by atoms with Crippen LogP contribution in [0.3, 0.4) is 0 Å². The second kappa shape index (κ2) is 6.16. The predicted octanol–water partition coefficient (Wildman–Crippen LogP) is 1.96. The number of aromatic hydroxyl groups is 1. The fourth-order valence-electron chi connectivity index (χ4n) is 2.62. The lowest BCUT2D eigenvalue weighted by Crippen LogP contribution is -2.36.